The second-order valence-corrected chi connectivity index (χ2v) is 7.12. The van der Waals surface area contributed by atoms with Crippen LogP contribution < -0.4 is 5.73 Å². The molecule has 1 aliphatic rings. The van der Waals surface area contributed by atoms with Crippen molar-refractivity contribution in [3.05, 3.63) is 35.4 Å². The SMILES string of the molecule is CS(=O)(=O)CCC1(N)Cc2ccccc2C1. The summed E-state index contributed by atoms with van der Waals surface area (Å²) in [6.45, 7) is 0. The maximum absolute atomic E-state index is 11.1. The summed E-state index contributed by atoms with van der Waals surface area (Å²) in [7, 11) is -2.92. The van der Waals surface area contributed by atoms with E-state index >= 15 is 0 Å². The molecule has 1 aromatic carbocycles. The fraction of sp³-hybridized carbons (Fsp3) is 0.500. The molecule has 0 aromatic heterocycles. The first kappa shape index (κ1) is 11.6. The zero-order valence-electron chi connectivity index (χ0n) is 9.44. The van der Waals surface area contributed by atoms with Gasteiger partial charge < -0.3 is 5.73 Å². The van der Waals surface area contributed by atoms with Gasteiger partial charge in [-0.15, -0.1) is 0 Å². The monoisotopic (exact) mass is 239 g/mol. The predicted octanol–water partition coefficient (Wildman–Crippen LogP) is 0.917. The van der Waals surface area contributed by atoms with Gasteiger partial charge in [0, 0.05) is 11.8 Å². The molecule has 0 aliphatic heterocycles. The van der Waals surface area contributed by atoms with Gasteiger partial charge in [-0.25, -0.2) is 8.42 Å². The van der Waals surface area contributed by atoms with Crippen LogP contribution in [0.5, 0.6) is 0 Å². The van der Waals surface area contributed by atoms with Crippen LogP contribution in [0.3, 0.4) is 0 Å². The van der Waals surface area contributed by atoms with Gasteiger partial charge in [0.1, 0.15) is 9.84 Å². The van der Waals surface area contributed by atoms with Crippen molar-refractivity contribution in [1.82, 2.24) is 0 Å². The molecule has 0 heterocycles. The fourth-order valence-electron chi connectivity index (χ4n) is 2.29. The molecule has 0 saturated carbocycles. The van der Waals surface area contributed by atoms with E-state index in [-0.39, 0.29) is 11.3 Å². The van der Waals surface area contributed by atoms with Crippen molar-refractivity contribution in [3.8, 4) is 0 Å². The van der Waals surface area contributed by atoms with E-state index in [0.717, 1.165) is 12.8 Å². The number of rotatable bonds is 3. The Morgan fingerprint density at radius 2 is 1.75 bits per heavy atom. The molecule has 0 spiro atoms. The minimum Gasteiger partial charge on any atom is -0.324 e. The van der Waals surface area contributed by atoms with Crippen LogP contribution in [0.2, 0.25) is 0 Å². The van der Waals surface area contributed by atoms with E-state index in [1.807, 2.05) is 12.1 Å². The third-order valence-corrected chi connectivity index (χ3v) is 4.12. The highest BCUT2D eigenvalue weighted by Gasteiger charge is 2.33. The molecule has 3 nitrogen and oxygen atoms in total. The Kier molecular flexibility index (Phi) is 2.80. The van der Waals surface area contributed by atoms with Crippen LogP contribution in [-0.4, -0.2) is 26.0 Å². The van der Waals surface area contributed by atoms with Crippen molar-refractivity contribution in [2.45, 2.75) is 24.8 Å². The molecule has 1 aliphatic carbocycles. The van der Waals surface area contributed by atoms with Crippen LogP contribution in [-0.2, 0) is 22.7 Å². The van der Waals surface area contributed by atoms with E-state index in [1.54, 1.807) is 0 Å². The lowest BCUT2D eigenvalue weighted by Gasteiger charge is -2.22. The van der Waals surface area contributed by atoms with Gasteiger partial charge in [0.15, 0.2) is 0 Å². The number of fused-ring (bicyclic) bond motifs is 1. The Hall–Kier alpha value is -0.870. The zero-order chi connectivity index (χ0) is 11.8. The molecule has 0 unspecified atom stereocenters. The largest absolute Gasteiger partial charge is 0.324 e. The molecule has 2 N–H and O–H groups in total. The van der Waals surface area contributed by atoms with Crippen LogP contribution in [0.1, 0.15) is 17.5 Å². The van der Waals surface area contributed by atoms with E-state index in [0.29, 0.717) is 6.42 Å². The Morgan fingerprint density at radius 1 is 1.25 bits per heavy atom. The van der Waals surface area contributed by atoms with Gasteiger partial charge in [-0.2, -0.15) is 0 Å². The van der Waals surface area contributed by atoms with Crippen molar-refractivity contribution in [2.75, 3.05) is 12.0 Å². The van der Waals surface area contributed by atoms with Crippen LogP contribution >= 0.6 is 0 Å². The Labute approximate surface area is 96.6 Å². The Balaban J connectivity index is 2.09. The van der Waals surface area contributed by atoms with E-state index < -0.39 is 9.84 Å². The normalized spacial score (nSPS) is 18.4. The van der Waals surface area contributed by atoms with Crippen molar-refractivity contribution in [3.63, 3.8) is 0 Å². The first-order chi connectivity index (χ1) is 7.38. The van der Waals surface area contributed by atoms with Crippen LogP contribution in [0.25, 0.3) is 0 Å². The lowest BCUT2D eigenvalue weighted by atomic mass is 9.94. The van der Waals surface area contributed by atoms with E-state index in [4.69, 9.17) is 5.73 Å². The molecule has 0 saturated heterocycles. The summed E-state index contributed by atoms with van der Waals surface area (Å²) in [6.07, 6.45) is 3.39. The highest BCUT2D eigenvalue weighted by atomic mass is 32.2. The first-order valence-electron chi connectivity index (χ1n) is 5.41. The van der Waals surface area contributed by atoms with Gasteiger partial charge in [-0.1, -0.05) is 24.3 Å². The third-order valence-electron chi connectivity index (χ3n) is 3.17. The summed E-state index contributed by atoms with van der Waals surface area (Å²) in [5.74, 6) is 0.178. The van der Waals surface area contributed by atoms with Gasteiger partial charge in [-0.05, 0) is 30.4 Å². The number of nitrogens with two attached hydrogens (primary N) is 1. The van der Waals surface area contributed by atoms with Gasteiger partial charge in [0.25, 0.3) is 0 Å². The molecule has 2 rings (SSSR count). The Morgan fingerprint density at radius 3 is 2.19 bits per heavy atom. The van der Waals surface area contributed by atoms with Gasteiger partial charge in [0.2, 0.25) is 0 Å². The smallest absolute Gasteiger partial charge is 0.147 e. The topological polar surface area (TPSA) is 60.2 Å². The minimum atomic E-state index is -2.92. The average Bonchev–Trinajstić information content (AvgIpc) is 2.51. The fourth-order valence-corrected chi connectivity index (χ4v) is 3.07. The molecule has 0 fully saturated rings. The first-order valence-corrected chi connectivity index (χ1v) is 7.47. The number of sulfone groups is 1. The molecule has 0 amide bonds. The molecular formula is C12H17NO2S. The van der Waals surface area contributed by atoms with Crippen molar-refractivity contribution < 1.29 is 8.42 Å². The Bertz CT molecular complexity index is 468. The molecule has 4 heteroatoms. The summed E-state index contributed by atoms with van der Waals surface area (Å²) in [5, 5.41) is 0. The second kappa shape index (κ2) is 3.86. The predicted molar refractivity (Wildman–Crippen MR) is 65.1 cm³/mol. The van der Waals surface area contributed by atoms with Gasteiger partial charge in [0.05, 0.1) is 5.75 Å². The van der Waals surface area contributed by atoms with Crippen LogP contribution in [0, 0.1) is 0 Å². The molecule has 1 aromatic rings. The van der Waals surface area contributed by atoms with Gasteiger partial charge >= 0.3 is 0 Å². The maximum Gasteiger partial charge on any atom is 0.147 e. The number of hydrogen-bond donors (Lipinski definition) is 1. The summed E-state index contributed by atoms with van der Waals surface area (Å²) in [5.41, 5.74) is 8.41. The van der Waals surface area contributed by atoms with E-state index in [1.165, 1.54) is 17.4 Å². The van der Waals surface area contributed by atoms with Crippen molar-refractivity contribution >= 4 is 9.84 Å². The molecule has 16 heavy (non-hydrogen) atoms. The molecule has 88 valence electrons. The molecular weight excluding hydrogens is 222 g/mol. The maximum atomic E-state index is 11.1. The summed E-state index contributed by atoms with van der Waals surface area (Å²) in [6, 6.07) is 8.15. The molecule has 0 radical (unpaired) electrons. The lowest BCUT2D eigenvalue weighted by molar-refractivity contribution is 0.432. The number of hydrogen-bond acceptors (Lipinski definition) is 3. The van der Waals surface area contributed by atoms with Crippen LogP contribution in [0.4, 0.5) is 0 Å². The van der Waals surface area contributed by atoms with E-state index in [2.05, 4.69) is 12.1 Å². The summed E-state index contributed by atoms with van der Waals surface area (Å²) >= 11 is 0. The quantitative estimate of drug-likeness (QED) is 0.853. The lowest BCUT2D eigenvalue weighted by Crippen LogP contribution is -2.42. The number of benzene rings is 1. The summed E-state index contributed by atoms with van der Waals surface area (Å²) in [4.78, 5) is 0. The van der Waals surface area contributed by atoms with Gasteiger partial charge in [-0.3, -0.25) is 0 Å². The minimum absolute atomic E-state index is 0.178. The second-order valence-electron chi connectivity index (χ2n) is 4.86. The molecule has 0 atom stereocenters. The highest BCUT2D eigenvalue weighted by molar-refractivity contribution is 7.90. The highest BCUT2D eigenvalue weighted by Crippen LogP contribution is 2.30. The zero-order valence-corrected chi connectivity index (χ0v) is 10.3. The summed E-state index contributed by atoms with van der Waals surface area (Å²) < 4.78 is 22.3. The molecule has 0 bridgehead atoms. The average molecular weight is 239 g/mol. The standard InChI is InChI=1S/C12H17NO2S/c1-16(14,15)7-6-12(13)8-10-4-2-3-5-11(10)9-12/h2-5H,6-9,13H2,1H3. The van der Waals surface area contributed by atoms with Crippen molar-refractivity contribution in [2.24, 2.45) is 5.73 Å². The third kappa shape index (κ3) is 2.62. The van der Waals surface area contributed by atoms with E-state index in [9.17, 15) is 8.42 Å². The van der Waals surface area contributed by atoms with Crippen molar-refractivity contribution in [1.29, 1.82) is 0 Å². The van der Waals surface area contributed by atoms with Crippen LogP contribution in [0.15, 0.2) is 24.3 Å².